The Bertz CT molecular complexity index is 1460. The third-order valence-corrected chi connectivity index (χ3v) is 9.72. The Kier molecular flexibility index (Phi) is 16.1. The van der Waals surface area contributed by atoms with Crippen molar-refractivity contribution >= 4 is 38.4 Å². The standard InChI is InChI=1S/C37H52N2O6S/c1-2-3-4-5-6-7-8-9-10-11-12-13-14-18-25-34(46(43,44)45)36(41)38-28-29-39(31-22-16-15-17-23-31)37(42)33-27-26-30-21-19-20-24-32(30)35(33)40/h15-17,19-24,26-27,34,40H,2-14,18,25,28-29H2,1H3,(H,38,41)(H,43,44,45). The van der Waals surface area contributed by atoms with E-state index in [1.807, 2.05) is 18.2 Å². The zero-order valence-electron chi connectivity index (χ0n) is 27.3. The highest BCUT2D eigenvalue weighted by Gasteiger charge is 2.30. The minimum atomic E-state index is -4.60. The molecule has 3 N–H and O–H groups in total. The van der Waals surface area contributed by atoms with E-state index in [4.69, 9.17) is 0 Å². The number of fused-ring (bicyclic) bond motifs is 1. The number of hydrogen-bond donors (Lipinski definition) is 3. The monoisotopic (exact) mass is 652 g/mol. The van der Waals surface area contributed by atoms with Gasteiger partial charge < -0.3 is 15.3 Å². The van der Waals surface area contributed by atoms with Crippen LogP contribution in [0.1, 0.15) is 114 Å². The summed E-state index contributed by atoms with van der Waals surface area (Å²) in [6.07, 6.45) is 16.3. The average Bonchev–Trinajstić information content (AvgIpc) is 3.04. The molecule has 0 saturated carbocycles. The zero-order valence-corrected chi connectivity index (χ0v) is 28.1. The Labute approximate surface area is 275 Å². The highest BCUT2D eigenvalue weighted by Crippen LogP contribution is 2.30. The summed E-state index contributed by atoms with van der Waals surface area (Å²) in [6.45, 7) is 2.22. The van der Waals surface area contributed by atoms with Gasteiger partial charge in [-0.25, -0.2) is 0 Å². The van der Waals surface area contributed by atoms with Gasteiger partial charge in [-0.05, 0) is 30.0 Å². The molecule has 8 nitrogen and oxygen atoms in total. The number of phenols is 1. The van der Waals surface area contributed by atoms with Crippen LogP contribution in [0, 0.1) is 0 Å². The lowest BCUT2D eigenvalue weighted by molar-refractivity contribution is -0.120. The van der Waals surface area contributed by atoms with Gasteiger partial charge in [0, 0.05) is 24.2 Å². The lowest BCUT2D eigenvalue weighted by Crippen LogP contribution is -2.44. The van der Waals surface area contributed by atoms with Crippen molar-refractivity contribution in [2.45, 2.75) is 108 Å². The fourth-order valence-electron chi connectivity index (χ4n) is 5.87. The van der Waals surface area contributed by atoms with E-state index in [2.05, 4.69) is 12.2 Å². The van der Waals surface area contributed by atoms with Gasteiger partial charge >= 0.3 is 0 Å². The van der Waals surface area contributed by atoms with E-state index in [1.165, 1.54) is 62.7 Å². The van der Waals surface area contributed by atoms with E-state index in [0.717, 1.165) is 31.1 Å². The summed E-state index contributed by atoms with van der Waals surface area (Å²) >= 11 is 0. The van der Waals surface area contributed by atoms with Gasteiger partial charge in [0.25, 0.3) is 16.0 Å². The van der Waals surface area contributed by atoms with Crippen LogP contribution in [-0.4, -0.2) is 48.2 Å². The summed E-state index contributed by atoms with van der Waals surface area (Å²) in [5.41, 5.74) is 0.672. The Balaban J connectivity index is 1.46. The Morgan fingerprint density at radius 1 is 0.739 bits per heavy atom. The van der Waals surface area contributed by atoms with E-state index in [-0.39, 0.29) is 30.8 Å². The first-order chi connectivity index (χ1) is 22.2. The fourth-order valence-corrected chi connectivity index (χ4v) is 6.69. The van der Waals surface area contributed by atoms with Crippen molar-refractivity contribution in [1.29, 1.82) is 0 Å². The number of nitrogens with zero attached hydrogens (tertiary/aromatic N) is 1. The number of anilines is 1. The molecule has 2 amide bonds. The number of benzene rings is 3. The second kappa shape index (κ2) is 19.9. The summed E-state index contributed by atoms with van der Waals surface area (Å²) in [5.74, 6) is -1.38. The predicted octanol–water partition coefficient (Wildman–Crippen LogP) is 8.44. The maximum Gasteiger partial charge on any atom is 0.276 e. The average molecular weight is 653 g/mol. The molecule has 0 heterocycles. The second-order valence-corrected chi connectivity index (χ2v) is 13.8. The third-order valence-electron chi connectivity index (χ3n) is 8.55. The molecule has 0 aliphatic carbocycles. The highest BCUT2D eigenvalue weighted by molar-refractivity contribution is 7.87. The SMILES string of the molecule is CCCCCCCCCCCCCCCCC(C(=O)NCCN(C(=O)c1ccc2ccccc2c1O)c1ccccc1)S(=O)(=O)O. The molecular weight excluding hydrogens is 600 g/mol. The quantitative estimate of drug-likeness (QED) is 0.0739. The molecule has 1 unspecified atom stereocenters. The number of aromatic hydroxyl groups is 1. The number of carbonyl (C=O) groups is 2. The number of para-hydroxylation sites is 1. The Hall–Kier alpha value is -3.43. The van der Waals surface area contributed by atoms with Crippen LogP contribution < -0.4 is 10.2 Å². The first-order valence-electron chi connectivity index (χ1n) is 17.1. The van der Waals surface area contributed by atoms with Crippen LogP contribution in [0.5, 0.6) is 5.75 Å². The molecule has 0 aliphatic rings. The lowest BCUT2D eigenvalue weighted by Gasteiger charge is -2.24. The van der Waals surface area contributed by atoms with Crippen molar-refractivity contribution in [3.05, 3.63) is 72.3 Å². The van der Waals surface area contributed by atoms with E-state index >= 15 is 0 Å². The number of carbonyl (C=O) groups excluding carboxylic acids is 2. The van der Waals surface area contributed by atoms with E-state index in [1.54, 1.807) is 48.5 Å². The van der Waals surface area contributed by atoms with Gasteiger partial charge in [-0.15, -0.1) is 0 Å². The van der Waals surface area contributed by atoms with Crippen LogP contribution in [0.2, 0.25) is 0 Å². The molecule has 0 saturated heterocycles. The molecule has 0 aliphatic heterocycles. The summed E-state index contributed by atoms with van der Waals surface area (Å²) in [7, 11) is -4.60. The summed E-state index contributed by atoms with van der Waals surface area (Å²) in [5, 5.41) is 13.3. The normalized spacial score (nSPS) is 12.2. The van der Waals surface area contributed by atoms with Crippen molar-refractivity contribution < 1.29 is 27.7 Å². The minimum absolute atomic E-state index is 0.0257. The molecule has 0 spiro atoms. The van der Waals surface area contributed by atoms with E-state index in [9.17, 15) is 27.7 Å². The van der Waals surface area contributed by atoms with Gasteiger partial charge in [0.05, 0.1) is 5.56 Å². The maximum atomic E-state index is 13.7. The van der Waals surface area contributed by atoms with Crippen molar-refractivity contribution in [2.75, 3.05) is 18.0 Å². The van der Waals surface area contributed by atoms with Gasteiger partial charge in [-0.2, -0.15) is 8.42 Å². The maximum absolute atomic E-state index is 13.7. The van der Waals surface area contributed by atoms with Crippen molar-refractivity contribution in [3.8, 4) is 5.75 Å². The van der Waals surface area contributed by atoms with Crippen LogP contribution in [0.3, 0.4) is 0 Å². The largest absolute Gasteiger partial charge is 0.506 e. The first kappa shape index (κ1) is 37.0. The van der Waals surface area contributed by atoms with Gasteiger partial charge in [-0.1, -0.05) is 145 Å². The summed E-state index contributed by atoms with van der Waals surface area (Å²) in [4.78, 5) is 28.0. The van der Waals surface area contributed by atoms with Crippen LogP contribution in [0.4, 0.5) is 5.69 Å². The van der Waals surface area contributed by atoms with E-state index < -0.39 is 27.2 Å². The van der Waals surface area contributed by atoms with Crippen molar-refractivity contribution in [2.24, 2.45) is 0 Å². The first-order valence-corrected chi connectivity index (χ1v) is 18.6. The second-order valence-electron chi connectivity index (χ2n) is 12.2. The molecule has 0 bridgehead atoms. The summed E-state index contributed by atoms with van der Waals surface area (Å²) in [6, 6.07) is 19.4. The smallest absolute Gasteiger partial charge is 0.276 e. The molecular formula is C37H52N2O6S. The van der Waals surface area contributed by atoms with Crippen LogP contribution in [0.15, 0.2) is 66.7 Å². The number of hydrogen-bond acceptors (Lipinski definition) is 5. The highest BCUT2D eigenvalue weighted by atomic mass is 32.2. The number of rotatable bonds is 22. The molecule has 3 aromatic carbocycles. The molecule has 46 heavy (non-hydrogen) atoms. The zero-order chi connectivity index (χ0) is 33.2. The molecule has 3 aromatic rings. The minimum Gasteiger partial charge on any atom is -0.506 e. The topological polar surface area (TPSA) is 124 Å². The molecule has 0 fully saturated rings. The number of phenolic OH excluding ortho intramolecular Hbond substituents is 1. The molecule has 252 valence electrons. The van der Waals surface area contributed by atoms with Gasteiger partial charge in [0.2, 0.25) is 5.91 Å². The fraction of sp³-hybridized carbons (Fsp3) is 0.514. The molecule has 0 radical (unpaired) electrons. The number of amides is 2. The molecule has 3 rings (SSSR count). The van der Waals surface area contributed by atoms with Gasteiger partial charge in [0.1, 0.15) is 5.75 Å². The Morgan fingerprint density at radius 2 is 1.28 bits per heavy atom. The number of nitrogens with one attached hydrogen (secondary N) is 1. The molecule has 0 aromatic heterocycles. The van der Waals surface area contributed by atoms with Gasteiger partial charge in [0.15, 0.2) is 5.25 Å². The molecule has 9 heteroatoms. The lowest BCUT2D eigenvalue weighted by atomic mass is 10.0. The number of unbranched alkanes of at least 4 members (excludes halogenated alkanes) is 13. The van der Waals surface area contributed by atoms with Crippen molar-refractivity contribution in [1.82, 2.24) is 5.32 Å². The van der Waals surface area contributed by atoms with Crippen LogP contribution in [0.25, 0.3) is 10.8 Å². The van der Waals surface area contributed by atoms with Crippen LogP contribution >= 0.6 is 0 Å². The van der Waals surface area contributed by atoms with Crippen molar-refractivity contribution in [3.63, 3.8) is 0 Å². The molecule has 1 atom stereocenters. The third kappa shape index (κ3) is 12.1. The van der Waals surface area contributed by atoms with E-state index in [0.29, 0.717) is 17.5 Å². The predicted molar refractivity (Wildman–Crippen MR) is 187 cm³/mol. The summed E-state index contributed by atoms with van der Waals surface area (Å²) < 4.78 is 34.0. The van der Waals surface area contributed by atoms with Crippen LogP contribution in [-0.2, 0) is 14.9 Å². The Morgan fingerprint density at radius 3 is 1.87 bits per heavy atom. The van der Waals surface area contributed by atoms with Gasteiger partial charge in [-0.3, -0.25) is 14.1 Å².